The normalized spacial score (nSPS) is 12.8. The third-order valence-electron chi connectivity index (χ3n) is 3.66. The maximum absolute atomic E-state index is 3.18. The van der Waals surface area contributed by atoms with E-state index in [1.165, 1.54) is 16.0 Å². The molecule has 108 valence electrons. The zero-order valence-corrected chi connectivity index (χ0v) is 13.4. The van der Waals surface area contributed by atoms with Gasteiger partial charge in [-0.05, 0) is 50.0 Å². The molecule has 1 heterocycles. The van der Waals surface area contributed by atoms with Gasteiger partial charge in [0.2, 0.25) is 0 Å². The summed E-state index contributed by atoms with van der Waals surface area (Å²) in [6.07, 6.45) is 1.13. The fourth-order valence-corrected chi connectivity index (χ4v) is 3.11. The van der Waals surface area contributed by atoms with Crippen molar-refractivity contribution >= 4 is 11.3 Å². The van der Waals surface area contributed by atoms with Gasteiger partial charge in [-0.25, -0.2) is 0 Å². The average Bonchev–Trinajstić information content (AvgIpc) is 2.94. The summed E-state index contributed by atoms with van der Waals surface area (Å²) in [5, 5.41) is 5.33. The van der Waals surface area contributed by atoms with Gasteiger partial charge in [-0.1, -0.05) is 30.3 Å². The summed E-state index contributed by atoms with van der Waals surface area (Å²) < 4.78 is 0. The van der Waals surface area contributed by atoms with Gasteiger partial charge in [0.25, 0.3) is 0 Å². The van der Waals surface area contributed by atoms with E-state index in [9.17, 15) is 0 Å². The highest BCUT2D eigenvalue weighted by molar-refractivity contribution is 7.09. The molecule has 1 aromatic carbocycles. The summed E-state index contributed by atoms with van der Waals surface area (Å²) >= 11 is 1.85. The van der Waals surface area contributed by atoms with Crippen molar-refractivity contribution in [3.63, 3.8) is 0 Å². The molecule has 0 saturated carbocycles. The lowest BCUT2D eigenvalue weighted by atomic mass is 10.1. The molecule has 1 aromatic heterocycles. The Morgan fingerprint density at radius 2 is 1.85 bits per heavy atom. The van der Waals surface area contributed by atoms with Crippen LogP contribution in [0.5, 0.6) is 0 Å². The van der Waals surface area contributed by atoms with E-state index < -0.39 is 0 Å². The lowest BCUT2D eigenvalue weighted by Crippen LogP contribution is -2.30. The van der Waals surface area contributed by atoms with Crippen LogP contribution >= 0.6 is 11.3 Å². The number of likely N-dealkylation sites (N-methyl/N-ethyl adjacent to an activating group) is 1. The summed E-state index contributed by atoms with van der Waals surface area (Å²) in [7, 11) is 4.19. The summed E-state index contributed by atoms with van der Waals surface area (Å²) in [6, 6.07) is 13.8. The quantitative estimate of drug-likeness (QED) is 0.838. The van der Waals surface area contributed by atoms with Crippen molar-refractivity contribution in [2.75, 3.05) is 14.1 Å². The second kappa shape index (κ2) is 7.58. The first-order chi connectivity index (χ1) is 9.69. The Morgan fingerprint density at radius 3 is 2.45 bits per heavy atom. The number of benzene rings is 1. The minimum absolute atomic E-state index is 0.561. The predicted octanol–water partition coefficient (Wildman–Crippen LogP) is 3.53. The van der Waals surface area contributed by atoms with E-state index >= 15 is 0 Å². The molecule has 0 aliphatic carbocycles. The van der Waals surface area contributed by atoms with Crippen LogP contribution in [0.4, 0.5) is 0 Å². The fraction of sp³-hybridized carbons (Fsp3) is 0.412. The Kier molecular flexibility index (Phi) is 5.77. The number of nitrogens with one attached hydrogen (secondary N) is 1. The molecule has 0 amide bonds. The minimum Gasteiger partial charge on any atom is -0.316 e. The van der Waals surface area contributed by atoms with Gasteiger partial charge >= 0.3 is 0 Å². The molecular weight excluding hydrogens is 264 g/mol. The van der Waals surface area contributed by atoms with E-state index in [4.69, 9.17) is 0 Å². The Morgan fingerprint density at radius 1 is 1.15 bits per heavy atom. The number of hydrogen-bond acceptors (Lipinski definition) is 3. The van der Waals surface area contributed by atoms with Crippen LogP contribution in [0.15, 0.2) is 41.8 Å². The lowest BCUT2D eigenvalue weighted by molar-refractivity contribution is 0.249. The summed E-state index contributed by atoms with van der Waals surface area (Å²) in [5.41, 5.74) is 2.72. The van der Waals surface area contributed by atoms with Crippen LogP contribution in [0.2, 0.25) is 0 Å². The molecule has 2 nitrogen and oxygen atoms in total. The molecule has 0 spiro atoms. The molecular formula is C17H24N2S. The Hall–Kier alpha value is -1.16. The van der Waals surface area contributed by atoms with Gasteiger partial charge in [-0.2, -0.15) is 0 Å². The van der Waals surface area contributed by atoms with Crippen molar-refractivity contribution in [1.82, 2.24) is 10.2 Å². The van der Waals surface area contributed by atoms with Crippen LogP contribution < -0.4 is 5.32 Å². The largest absolute Gasteiger partial charge is 0.316 e. The summed E-state index contributed by atoms with van der Waals surface area (Å²) in [5.74, 6) is 0. The second-order valence-electron chi connectivity index (χ2n) is 5.39. The third-order valence-corrected chi connectivity index (χ3v) is 4.56. The summed E-state index contributed by atoms with van der Waals surface area (Å²) in [4.78, 5) is 3.89. The van der Waals surface area contributed by atoms with Gasteiger partial charge in [0.15, 0.2) is 0 Å². The SMILES string of the molecule is CNCc1ccc(CN(C)C(C)Cc2cccs2)cc1. The minimum atomic E-state index is 0.561. The van der Waals surface area contributed by atoms with Crippen LogP contribution in [0.1, 0.15) is 22.9 Å². The smallest absolute Gasteiger partial charge is 0.0233 e. The van der Waals surface area contributed by atoms with Crippen molar-refractivity contribution in [1.29, 1.82) is 0 Å². The Labute approximate surface area is 126 Å². The summed E-state index contributed by atoms with van der Waals surface area (Å²) in [6.45, 7) is 4.24. The monoisotopic (exact) mass is 288 g/mol. The van der Waals surface area contributed by atoms with Crippen molar-refractivity contribution in [2.24, 2.45) is 0 Å². The molecule has 1 N–H and O–H groups in total. The predicted molar refractivity (Wildman–Crippen MR) is 88.2 cm³/mol. The van der Waals surface area contributed by atoms with E-state index in [0.29, 0.717) is 6.04 Å². The number of thiophene rings is 1. The molecule has 0 bridgehead atoms. The van der Waals surface area contributed by atoms with Crippen LogP contribution in [0, 0.1) is 0 Å². The van der Waals surface area contributed by atoms with Gasteiger partial charge in [0.05, 0.1) is 0 Å². The average molecular weight is 288 g/mol. The zero-order valence-electron chi connectivity index (χ0n) is 12.6. The van der Waals surface area contributed by atoms with Crippen LogP contribution in [-0.4, -0.2) is 25.0 Å². The number of rotatable bonds is 7. The first-order valence-corrected chi connectivity index (χ1v) is 8.02. The van der Waals surface area contributed by atoms with Gasteiger partial charge in [0.1, 0.15) is 0 Å². The van der Waals surface area contributed by atoms with Gasteiger partial charge < -0.3 is 5.32 Å². The van der Waals surface area contributed by atoms with E-state index in [0.717, 1.165) is 19.5 Å². The molecule has 20 heavy (non-hydrogen) atoms. The number of nitrogens with zero attached hydrogens (tertiary/aromatic N) is 1. The van der Waals surface area contributed by atoms with E-state index in [1.54, 1.807) is 0 Å². The van der Waals surface area contributed by atoms with Crippen LogP contribution in [0.25, 0.3) is 0 Å². The first-order valence-electron chi connectivity index (χ1n) is 7.14. The van der Waals surface area contributed by atoms with E-state index in [1.807, 2.05) is 18.4 Å². The third kappa shape index (κ3) is 4.44. The van der Waals surface area contributed by atoms with E-state index in [-0.39, 0.29) is 0 Å². The first kappa shape index (κ1) is 15.2. The highest BCUT2D eigenvalue weighted by Gasteiger charge is 2.11. The lowest BCUT2D eigenvalue weighted by Gasteiger charge is -2.24. The molecule has 3 heteroatoms. The van der Waals surface area contributed by atoms with Crippen LogP contribution in [-0.2, 0) is 19.5 Å². The van der Waals surface area contributed by atoms with Gasteiger partial charge in [-0.3, -0.25) is 4.90 Å². The van der Waals surface area contributed by atoms with Crippen molar-refractivity contribution < 1.29 is 0 Å². The molecule has 0 aliphatic rings. The Bertz CT molecular complexity index is 490. The molecule has 2 aromatic rings. The number of hydrogen-bond donors (Lipinski definition) is 1. The fourth-order valence-electron chi connectivity index (χ4n) is 2.29. The molecule has 0 radical (unpaired) electrons. The molecule has 1 unspecified atom stereocenters. The maximum atomic E-state index is 3.18. The van der Waals surface area contributed by atoms with Gasteiger partial charge in [0, 0.05) is 24.0 Å². The highest BCUT2D eigenvalue weighted by atomic mass is 32.1. The molecule has 2 rings (SSSR count). The Balaban J connectivity index is 1.88. The highest BCUT2D eigenvalue weighted by Crippen LogP contribution is 2.15. The standard InChI is InChI=1S/C17H24N2S/c1-14(11-17-5-4-10-20-17)19(3)13-16-8-6-15(7-9-16)12-18-2/h4-10,14,18H,11-13H2,1-3H3. The van der Waals surface area contributed by atoms with Crippen molar-refractivity contribution in [2.45, 2.75) is 32.5 Å². The molecule has 0 fully saturated rings. The van der Waals surface area contributed by atoms with E-state index in [2.05, 4.69) is 66.0 Å². The molecule has 0 saturated heterocycles. The second-order valence-corrected chi connectivity index (χ2v) is 6.43. The maximum Gasteiger partial charge on any atom is 0.0233 e. The van der Waals surface area contributed by atoms with Gasteiger partial charge in [-0.15, -0.1) is 11.3 Å². The van der Waals surface area contributed by atoms with Crippen molar-refractivity contribution in [3.8, 4) is 0 Å². The van der Waals surface area contributed by atoms with Crippen LogP contribution in [0.3, 0.4) is 0 Å². The molecule has 0 aliphatic heterocycles. The molecule has 1 atom stereocenters. The zero-order chi connectivity index (χ0) is 14.4. The topological polar surface area (TPSA) is 15.3 Å². The van der Waals surface area contributed by atoms with Crippen molar-refractivity contribution in [3.05, 3.63) is 57.8 Å².